The van der Waals surface area contributed by atoms with Gasteiger partial charge in [-0.25, -0.2) is 9.78 Å². The molecule has 43 heavy (non-hydrogen) atoms. The van der Waals surface area contributed by atoms with Crippen LogP contribution in [-0.2, 0) is 9.59 Å². The molecule has 1 rings (SSSR count). The van der Waals surface area contributed by atoms with Crippen LogP contribution in [0, 0.1) is 12.1 Å². The standard InChI is InChI=1S/C34H48N4O5/c1-3-4-5-6-7-8-9-10-11-12-13-14-15-16-17-18-19-20-21-25-32(39)37-30(34(41)42)24-22-23-26-35-33(40)31-28-38(43)29(2)27-36-31/h4-5,7-8,10-11,13-14,16-17,19-20,27-28,30H,3,6,9,12,15,18,21-26H2,1-2H3,(H,35,40)(H,37,39)(H,41,42)/b5-4-,8-7-,11-10-,14-13-,17-16-,20-19-. The lowest BCUT2D eigenvalue weighted by atomic mass is 10.1. The van der Waals surface area contributed by atoms with Crippen molar-refractivity contribution in [2.45, 2.75) is 90.5 Å². The summed E-state index contributed by atoms with van der Waals surface area (Å²) < 4.78 is 0.574. The summed E-state index contributed by atoms with van der Waals surface area (Å²) in [5.41, 5.74) is 0.402. The molecule has 0 saturated heterocycles. The lowest BCUT2D eigenvalue weighted by molar-refractivity contribution is -0.613. The van der Waals surface area contributed by atoms with Gasteiger partial charge in [-0.15, -0.1) is 0 Å². The number of hydrogen-bond acceptors (Lipinski definition) is 5. The van der Waals surface area contributed by atoms with Crippen molar-refractivity contribution < 1.29 is 24.2 Å². The third-order valence-corrected chi connectivity index (χ3v) is 6.18. The van der Waals surface area contributed by atoms with Crippen molar-refractivity contribution in [1.82, 2.24) is 15.6 Å². The molecule has 1 unspecified atom stereocenters. The van der Waals surface area contributed by atoms with E-state index in [1.807, 2.05) is 12.2 Å². The van der Waals surface area contributed by atoms with Crippen LogP contribution in [0.2, 0.25) is 0 Å². The quantitative estimate of drug-likeness (QED) is 0.0657. The van der Waals surface area contributed by atoms with Crippen LogP contribution in [0.1, 0.15) is 93.7 Å². The highest BCUT2D eigenvalue weighted by molar-refractivity contribution is 5.91. The van der Waals surface area contributed by atoms with Crippen molar-refractivity contribution in [2.75, 3.05) is 6.54 Å². The van der Waals surface area contributed by atoms with Gasteiger partial charge in [0.15, 0.2) is 5.69 Å². The van der Waals surface area contributed by atoms with Crippen molar-refractivity contribution in [3.8, 4) is 0 Å². The van der Waals surface area contributed by atoms with Crippen LogP contribution >= 0.6 is 0 Å². The molecule has 9 heteroatoms. The average Bonchev–Trinajstić information content (AvgIpc) is 2.98. The number of nitrogens with zero attached hydrogens (tertiary/aromatic N) is 2. The van der Waals surface area contributed by atoms with E-state index in [1.54, 1.807) is 6.92 Å². The number of aryl methyl sites for hydroxylation is 1. The second-order valence-electron chi connectivity index (χ2n) is 9.90. The number of unbranched alkanes of at least 4 members (excludes halogenated alkanes) is 1. The third-order valence-electron chi connectivity index (χ3n) is 6.18. The molecule has 1 aromatic rings. The minimum absolute atomic E-state index is 0.0168. The van der Waals surface area contributed by atoms with E-state index >= 15 is 0 Å². The lowest BCUT2D eigenvalue weighted by Crippen LogP contribution is -2.40. The number of allylic oxidation sites excluding steroid dienone is 12. The maximum Gasteiger partial charge on any atom is 0.326 e. The fraction of sp³-hybridized carbons (Fsp3) is 0.441. The average molecular weight is 593 g/mol. The summed E-state index contributed by atoms with van der Waals surface area (Å²) in [6.45, 7) is 4.02. The molecule has 0 saturated carbocycles. The summed E-state index contributed by atoms with van der Waals surface area (Å²) in [7, 11) is 0. The van der Waals surface area contributed by atoms with Crippen molar-refractivity contribution in [3.63, 3.8) is 0 Å². The molecule has 0 radical (unpaired) electrons. The predicted molar refractivity (Wildman–Crippen MR) is 171 cm³/mol. The smallest absolute Gasteiger partial charge is 0.326 e. The minimum Gasteiger partial charge on any atom is -0.618 e. The van der Waals surface area contributed by atoms with E-state index in [0.29, 0.717) is 36.2 Å². The third kappa shape index (κ3) is 19.5. The first-order valence-electron chi connectivity index (χ1n) is 15.1. The molecular weight excluding hydrogens is 544 g/mol. The highest BCUT2D eigenvalue weighted by Gasteiger charge is 2.19. The summed E-state index contributed by atoms with van der Waals surface area (Å²) in [6, 6.07) is -0.980. The van der Waals surface area contributed by atoms with E-state index in [9.17, 15) is 24.7 Å². The van der Waals surface area contributed by atoms with Gasteiger partial charge in [0, 0.05) is 19.9 Å². The molecular formula is C34H48N4O5. The van der Waals surface area contributed by atoms with Gasteiger partial charge in [-0.05, 0) is 64.2 Å². The Bertz CT molecular complexity index is 1150. The number of aliphatic carboxylic acids is 1. The van der Waals surface area contributed by atoms with Gasteiger partial charge in [0.1, 0.15) is 6.04 Å². The SMILES string of the molecule is CC/C=C\C/C=C\C/C=C\C/C=C\C/C=C\C/C=C\CCC(=O)NC(CCCCNC(=O)c1c[n+]([O-])c(C)cn1)C(=O)O. The van der Waals surface area contributed by atoms with Crippen LogP contribution in [0.25, 0.3) is 0 Å². The van der Waals surface area contributed by atoms with Crippen molar-refractivity contribution in [1.29, 1.82) is 0 Å². The first-order chi connectivity index (χ1) is 20.8. The molecule has 0 aliphatic carbocycles. The van der Waals surface area contributed by atoms with Gasteiger partial charge in [0.05, 0.1) is 6.20 Å². The number of aromatic nitrogens is 2. The van der Waals surface area contributed by atoms with E-state index in [0.717, 1.165) is 44.7 Å². The monoisotopic (exact) mass is 592 g/mol. The largest absolute Gasteiger partial charge is 0.618 e. The van der Waals surface area contributed by atoms with E-state index in [1.165, 1.54) is 6.20 Å². The fourth-order valence-electron chi connectivity index (χ4n) is 3.73. The number of rotatable bonds is 22. The van der Waals surface area contributed by atoms with E-state index < -0.39 is 17.9 Å². The molecule has 2 amide bonds. The normalized spacial score (nSPS) is 12.9. The van der Waals surface area contributed by atoms with Crippen LogP contribution in [0.4, 0.5) is 0 Å². The summed E-state index contributed by atoms with van der Waals surface area (Å²) in [5.74, 6) is -1.87. The molecule has 1 atom stereocenters. The first kappa shape index (κ1) is 36.8. The molecule has 0 spiro atoms. The van der Waals surface area contributed by atoms with Crippen LogP contribution < -0.4 is 15.4 Å². The van der Waals surface area contributed by atoms with E-state index in [2.05, 4.69) is 83.3 Å². The predicted octanol–water partition coefficient (Wildman–Crippen LogP) is 5.97. The van der Waals surface area contributed by atoms with Crippen LogP contribution in [0.3, 0.4) is 0 Å². The molecule has 0 aromatic carbocycles. The molecule has 1 aromatic heterocycles. The van der Waals surface area contributed by atoms with Crippen molar-refractivity contribution in [2.24, 2.45) is 0 Å². The van der Waals surface area contributed by atoms with Gasteiger partial charge in [-0.3, -0.25) is 9.59 Å². The Morgan fingerprint density at radius 2 is 1.42 bits per heavy atom. The van der Waals surface area contributed by atoms with E-state index in [-0.39, 0.29) is 24.4 Å². The Hall–Kier alpha value is -4.27. The second-order valence-corrected chi connectivity index (χ2v) is 9.90. The molecule has 0 bridgehead atoms. The number of carbonyl (C=O) groups excluding carboxylic acids is 2. The Morgan fingerprint density at radius 3 is 1.93 bits per heavy atom. The fourth-order valence-corrected chi connectivity index (χ4v) is 3.73. The van der Waals surface area contributed by atoms with Gasteiger partial charge < -0.3 is 20.9 Å². The Balaban J connectivity index is 2.13. The minimum atomic E-state index is -1.09. The van der Waals surface area contributed by atoms with Crippen molar-refractivity contribution in [3.05, 3.63) is 102 Å². The number of hydrogen-bond donors (Lipinski definition) is 3. The number of carboxylic acid groups (broad SMARTS) is 1. The molecule has 1 heterocycles. The molecule has 0 aliphatic heterocycles. The van der Waals surface area contributed by atoms with E-state index in [4.69, 9.17) is 0 Å². The number of carboxylic acids is 1. The number of nitrogens with one attached hydrogen (secondary N) is 2. The Morgan fingerprint density at radius 1 is 0.884 bits per heavy atom. The van der Waals surface area contributed by atoms with Gasteiger partial charge in [0.25, 0.3) is 5.91 Å². The Kier molecular flexibility index (Phi) is 20.8. The summed E-state index contributed by atoms with van der Waals surface area (Å²) in [5, 5.41) is 26.2. The first-order valence-corrected chi connectivity index (χ1v) is 15.1. The lowest BCUT2D eigenvalue weighted by Gasteiger charge is -2.14. The van der Waals surface area contributed by atoms with Crippen molar-refractivity contribution >= 4 is 17.8 Å². The van der Waals surface area contributed by atoms with Crippen LogP contribution in [0.15, 0.2) is 85.3 Å². The van der Waals surface area contributed by atoms with Gasteiger partial charge in [0.2, 0.25) is 17.8 Å². The highest BCUT2D eigenvalue weighted by atomic mass is 16.5. The molecule has 234 valence electrons. The molecule has 3 N–H and O–H groups in total. The zero-order valence-corrected chi connectivity index (χ0v) is 25.6. The highest BCUT2D eigenvalue weighted by Crippen LogP contribution is 2.04. The maximum atomic E-state index is 12.2. The molecule has 0 fully saturated rings. The van der Waals surface area contributed by atoms with Crippen LogP contribution in [0.5, 0.6) is 0 Å². The summed E-state index contributed by atoms with van der Waals surface area (Å²) in [4.78, 5) is 39.7. The Labute approximate surface area is 256 Å². The number of amides is 2. The zero-order chi connectivity index (χ0) is 31.5. The van der Waals surface area contributed by atoms with Gasteiger partial charge in [-0.1, -0.05) is 79.8 Å². The number of carbonyl (C=O) groups is 3. The molecule has 0 aliphatic rings. The summed E-state index contributed by atoms with van der Waals surface area (Å²) >= 11 is 0. The topological polar surface area (TPSA) is 135 Å². The second kappa shape index (κ2) is 24.3. The maximum absolute atomic E-state index is 12.2. The van der Waals surface area contributed by atoms with Crippen LogP contribution in [-0.4, -0.2) is 40.5 Å². The van der Waals surface area contributed by atoms with Gasteiger partial charge in [-0.2, -0.15) is 4.73 Å². The van der Waals surface area contributed by atoms with Gasteiger partial charge >= 0.3 is 5.97 Å². The zero-order valence-electron chi connectivity index (χ0n) is 25.6. The molecule has 9 nitrogen and oxygen atoms in total. The summed E-state index contributed by atoms with van der Waals surface area (Å²) in [6.07, 6.45) is 35.5.